The van der Waals surface area contributed by atoms with Gasteiger partial charge in [-0.3, -0.25) is 0 Å². The third-order valence-corrected chi connectivity index (χ3v) is 3.56. The van der Waals surface area contributed by atoms with E-state index in [1.807, 2.05) is 0 Å². The van der Waals surface area contributed by atoms with E-state index in [1.165, 1.54) is 22.9 Å². The van der Waals surface area contributed by atoms with Crippen LogP contribution in [0, 0.1) is 36.3 Å². The molecule has 1 N–H and O–H groups in total. The molecule has 9 heteroatoms. The number of anilines is 1. The first-order valence-electron chi connectivity index (χ1n) is 7.11. The smallest absolute Gasteiger partial charge is 0.253 e. The number of nitrogens with one attached hydrogen (secondary N) is 1. The summed E-state index contributed by atoms with van der Waals surface area (Å²) in [6, 6.07) is 4.11. The molecule has 0 saturated carbocycles. The van der Waals surface area contributed by atoms with Gasteiger partial charge in [0.25, 0.3) is 11.9 Å². The number of pyridine rings is 1. The Morgan fingerprint density at radius 3 is 2.28 bits per heavy atom. The van der Waals surface area contributed by atoms with Crippen LogP contribution in [-0.4, -0.2) is 14.5 Å². The number of aromatic nitrogens is 3. The molecule has 0 aliphatic heterocycles. The second-order valence-corrected chi connectivity index (χ2v) is 5.18. The highest BCUT2D eigenvalue weighted by Gasteiger charge is 2.20. The van der Waals surface area contributed by atoms with Crippen molar-refractivity contribution >= 4 is 5.69 Å². The first-order valence-corrected chi connectivity index (χ1v) is 7.11. The third-order valence-electron chi connectivity index (χ3n) is 3.56. The Hall–Kier alpha value is -2.97. The summed E-state index contributed by atoms with van der Waals surface area (Å²) in [5.41, 5.74) is -0.438. The molecule has 0 amide bonds. The van der Waals surface area contributed by atoms with Crippen LogP contribution in [0.25, 0.3) is 5.69 Å². The number of hydrogen-bond acceptors (Lipinski definition) is 3. The molecule has 0 aliphatic carbocycles. The van der Waals surface area contributed by atoms with Gasteiger partial charge < -0.3 is 9.88 Å². The number of nitrogens with zero attached hydrogens (tertiary/aromatic N) is 3. The first kappa shape index (κ1) is 16.9. The fourth-order valence-electron chi connectivity index (χ4n) is 2.32. The highest BCUT2D eigenvalue weighted by atomic mass is 19.2. The Morgan fingerprint density at radius 1 is 1.04 bits per heavy atom. The molecule has 0 saturated heterocycles. The molecule has 130 valence electrons. The lowest BCUT2D eigenvalue weighted by atomic mass is 10.2. The monoisotopic (exact) mass is 354 g/mol. The summed E-state index contributed by atoms with van der Waals surface area (Å²) in [7, 11) is 0. The van der Waals surface area contributed by atoms with Crippen LogP contribution in [0.4, 0.5) is 27.6 Å². The minimum absolute atomic E-state index is 0.247. The van der Waals surface area contributed by atoms with E-state index in [0.29, 0.717) is 11.4 Å². The SMILES string of the molecule is Cc1nccn1-c1ccc(CNc2c(F)c(F)nc(F)c2F)cc1F. The van der Waals surface area contributed by atoms with Crippen LogP contribution in [-0.2, 0) is 6.54 Å². The molecule has 0 aliphatic rings. The predicted molar refractivity (Wildman–Crippen MR) is 79.7 cm³/mol. The molecule has 0 spiro atoms. The average Bonchev–Trinajstić information content (AvgIpc) is 2.99. The van der Waals surface area contributed by atoms with Crippen LogP contribution in [0.5, 0.6) is 0 Å². The zero-order valence-electron chi connectivity index (χ0n) is 12.8. The Morgan fingerprint density at radius 2 is 1.72 bits per heavy atom. The minimum atomic E-state index is -1.77. The zero-order valence-corrected chi connectivity index (χ0v) is 12.8. The molecule has 2 aromatic heterocycles. The molecule has 25 heavy (non-hydrogen) atoms. The molecule has 3 aromatic rings. The van der Waals surface area contributed by atoms with Gasteiger partial charge in [-0.1, -0.05) is 6.07 Å². The van der Waals surface area contributed by atoms with Crippen molar-refractivity contribution in [2.75, 3.05) is 5.32 Å². The van der Waals surface area contributed by atoms with E-state index in [9.17, 15) is 22.0 Å². The second kappa shape index (κ2) is 6.50. The molecular weight excluding hydrogens is 343 g/mol. The van der Waals surface area contributed by atoms with Gasteiger partial charge in [0.15, 0.2) is 0 Å². The van der Waals surface area contributed by atoms with Crippen molar-refractivity contribution < 1.29 is 22.0 Å². The summed E-state index contributed by atoms with van der Waals surface area (Å²) < 4.78 is 68.9. The van der Waals surface area contributed by atoms with Crippen LogP contribution < -0.4 is 5.32 Å². The maximum atomic E-state index is 14.3. The van der Waals surface area contributed by atoms with E-state index >= 15 is 0 Å². The predicted octanol–water partition coefficient (Wildman–Crippen LogP) is 3.88. The Bertz CT molecular complexity index is 912. The minimum Gasteiger partial charge on any atom is -0.376 e. The number of hydrogen-bond donors (Lipinski definition) is 1. The van der Waals surface area contributed by atoms with Gasteiger partial charge in [-0.15, -0.1) is 0 Å². The standard InChI is InChI=1S/C16H11F5N4/c1-8-22-4-5-25(8)11-3-2-9(6-10(11)17)7-23-14-12(18)15(20)24-16(21)13(14)19/h2-6H,7H2,1H3,(H,23,24). The molecule has 0 bridgehead atoms. The van der Waals surface area contributed by atoms with Gasteiger partial charge >= 0.3 is 0 Å². The number of rotatable bonds is 4. The Kier molecular flexibility index (Phi) is 4.39. The summed E-state index contributed by atoms with van der Waals surface area (Å²) in [5.74, 6) is -6.84. The lowest BCUT2D eigenvalue weighted by Gasteiger charge is -2.11. The highest BCUT2D eigenvalue weighted by Crippen LogP contribution is 2.23. The van der Waals surface area contributed by atoms with E-state index in [1.54, 1.807) is 13.1 Å². The topological polar surface area (TPSA) is 42.7 Å². The molecule has 2 heterocycles. The highest BCUT2D eigenvalue weighted by molar-refractivity contribution is 5.46. The van der Waals surface area contributed by atoms with Crippen molar-refractivity contribution in [3.63, 3.8) is 0 Å². The van der Waals surface area contributed by atoms with E-state index in [0.717, 1.165) is 6.07 Å². The quantitative estimate of drug-likeness (QED) is 0.571. The number of halogens is 5. The maximum absolute atomic E-state index is 14.3. The van der Waals surface area contributed by atoms with Crippen LogP contribution in [0.3, 0.4) is 0 Å². The summed E-state index contributed by atoms with van der Waals surface area (Å²) >= 11 is 0. The van der Waals surface area contributed by atoms with Crippen molar-refractivity contribution in [2.24, 2.45) is 0 Å². The zero-order chi connectivity index (χ0) is 18.1. The number of benzene rings is 1. The van der Waals surface area contributed by atoms with Gasteiger partial charge in [-0.2, -0.15) is 22.5 Å². The maximum Gasteiger partial charge on any atom is 0.253 e. The average molecular weight is 354 g/mol. The van der Waals surface area contributed by atoms with Crippen molar-refractivity contribution in [3.8, 4) is 5.69 Å². The summed E-state index contributed by atoms with van der Waals surface area (Å²) in [6.07, 6.45) is 3.10. The van der Waals surface area contributed by atoms with E-state index in [-0.39, 0.29) is 12.2 Å². The Balaban J connectivity index is 1.84. The lowest BCUT2D eigenvalue weighted by Crippen LogP contribution is -2.10. The fourth-order valence-corrected chi connectivity index (χ4v) is 2.32. The molecule has 0 unspecified atom stereocenters. The first-order chi connectivity index (χ1) is 11.9. The summed E-state index contributed by atoms with van der Waals surface area (Å²) in [6.45, 7) is 1.45. The van der Waals surface area contributed by atoms with Gasteiger partial charge in [0, 0.05) is 18.9 Å². The van der Waals surface area contributed by atoms with Crippen LogP contribution >= 0.6 is 0 Å². The summed E-state index contributed by atoms with van der Waals surface area (Å²) in [4.78, 5) is 6.45. The molecule has 0 atom stereocenters. The van der Waals surface area contributed by atoms with Gasteiger partial charge in [0.05, 0.1) is 5.69 Å². The molecule has 4 nitrogen and oxygen atoms in total. The van der Waals surface area contributed by atoms with Gasteiger partial charge in [0.1, 0.15) is 17.3 Å². The second-order valence-electron chi connectivity index (χ2n) is 5.18. The van der Waals surface area contributed by atoms with E-state index < -0.39 is 35.0 Å². The van der Waals surface area contributed by atoms with E-state index in [4.69, 9.17) is 0 Å². The fraction of sp³-hybridized carbons (Fsp3) is 0.125. The molecule has 1 aromatic carbocycles. The van der Waals surface area contributed by atoms with Crippen molar-refractivity contribution in [3.05, 3.63) is 71.3 Å². The van der Waals surface area contributed by atoms with Crippen LogP contribution in [0.15, 0.2) is 30.6 Å². The van der Waals surface area contributed by atoms with Crippen LogP contribution in [0.2, 0.25) is 0 Å². The third kappa shape index (κ3) is 3.17. The van der Waals surface area contributed by atoms with Gasteiger partial charge in [-0.05, 0) is 24.6 Å². The van der Waals surface area contributed by atoms with Crippen LogP contribution in [0.1, 0.15) is 11.4 Å². The van der Waals surface area contributed by atoms with E-state index in [2.05, 4.69) is 15.3 Å². The molecule has 3 rings (SSSR count). The molecular formula is C16H11F5N4. The van der Waals surface area contributed by atoms with Gasteiger partial charge in [-0.25, -0.2) is 9.37 Å². The van der Waals surface area contributed by atoms with Gasteiger partial charge in [0.2, 0.25) is 11.6 Å². The lowest BCUT2D eigenvalue weighted by molar-refractivity contribution is 0.410. The molecule has 0 radical (unpaired) electrons. The van der Waals surface area contributed by atoms with Crippen molar-refractivity contribution in [2.45, 2.75) is 13.5 Å². The normalized spacial score (nSPS) is 11.0. The largest absolute Gasteiger partial charge is 0.376 e. The number of imidazole rings is 1. The van der Waals surface area contributed by atoms with Crippen molar-refractivity contribution in [1.82, 2.24) is 14.5 Å². The van der Waals surface area contributed by atoms with Crippen molar-refractivity contribution in [1.29, 1.82) is 0 Å². The summed E-state index contributed by atoms with van der Waals surface area (Å²) in [5, 5.41) is 2.22. The molecule has 0 fully saturated rings. The number of aryl methyl sites for hydroxylation is 1. The Labute approximate surface area is 139 Å².